The van der Waals surface area contributed by atoms with Gasteiger partial charge in [-0.2, -0.15) is 0 Å². The second kappa shape index (κ2) is 3.54. The van der Waals surface area contributed by atoms with Gasteiger partial charge in [0.1, 0.15) is 11.5 Å². The van der Waals surface area contributed by atoms with Gasteiger partial charge in [0.2, 0.25) is 5.28 Å². The van der Waals surface area contributed by atoms with Gasteiger partial charge in [0.25, 0.3) is 0 Å². The summed E-state index contributed by atoms with van der Waals surface area (Å²) < 4.78 is 15.0. The molecule has 0 N–H and O–H groups in total. The molecule has 0 aliphatic rings. The summed E-state index contributed by atoms with van der Waals surface area (Å²) in [5.74, 6) is 0.420. The van der Waals surface area contributed by atoms with Gasteiger partial charge in [-0.3, -0.25) is 0 Å². The minimum atomic E-state index is -0.574. The summed E-state index contributed by atoms with van der Waals surface area (Å²) in [4.78, 5) is 7.30. The van der Waals surface area contributed by atoms with Gasteiger partial charge in [0.15, 0.2) is 11.6 Å². The number of hydrogen-bond acceptors (Lipinski definition) is 4. The fourth-order valence-electron chi connectivity index (χ4n) is 1.12. The van der Waals surface area contributed by atoms with Crippen molar-refractivity contribution in [2.24, 2.45) is 7.05 Å². The number of hydrogen-bond donors (Lipinski definition) is 0. The van der Waals surface area contributed by atoms with Crippen LogP contribution in [0.5, 0.6) is 0 Å². The molecule has 2 rings (SSSR count). The van der Waals surface area contributed by atoms with Crippen LogP contribution in [-0.4, -0.2) is 24.7 Å². The van der Waals surface area contributed by atoms with Crippen molar-refractivity contribution in [3.05, 3.63) is 23.1 Å². The molecular formula is C8H7ClFN5. The molecule has 2 heterocycles. The van der Waals surface area contributed by atoms with E-state index in [1.165, 1.54) is 0 Å². The zero-order valence-corrected chi connectivity index (χ0v) is 8.83. The number of aryl methyl sites for hydroxylation is 1. The van der Waals surface area contributed by atoms with Crippen LogP contribution in [0.15, 0.2) is 6.20 Å². The zero-order valence-electron chi connectivity index (χ0n) is 8.07. The summed E-state index contributed by atoms with van der Waals surface area (Å²) in [6, 6.07) is 0. The lowest BCUT2D eigenvalue weighted by Crippen LogP contribution is -2.00. The molecule has 0 aromatic carbocycles. The van der Waals surface area contributed by atoms with E-state index >= 15 is 0 Å². The van der Waals surface area contributed by atoms with Gasteiger partial charge in [0, 0.05) is 7.05 Å². The largest absolute Gasteiger partial charge is 0.313 e. The Morgan fingerprint density at radius 3 is 2.73 bits per heavy atom. The van der Waals surface area contributed by atoms with Crippen LogP contribution in [0.1, 0.15) is 5.82 Å². The normalized spacial score (nSPS) is 10.7. The fraction of sp³-hybridized carbons (Fsp3) is 0.250. The van der Waals surface area contributed by atoms with E-state index in [2.05, 4.69) is 20.2 Å². The average molecular weight is 228 g/mol. The second-order valence-electron chi connectivity index (χ2n) is 2.97. The molecule has 2 aromatic heterocycles. The standard InChI is InChI=1S/C8H7ClFN5/c1-4-13-14-7(15(4)2)6-5(10)3-11-8(9)12-6/h3H,1-2H3. The predicted molar refractivity (Wildman–Crippen MR) is 51.7 cm³/mol. The molecule has 0 fully saturated rings. The van der Waals surface area contributed by atoms with E-state index in [4.69, 9.17) is 11.6 Å². The van der Waals surface area contributed by atoms with Crippen molar-refractivity contribution in [2.75, 3.05) is 0 Å². The summed E-state index contributed by atoms with van der Waals surface area (Å²) >= 11 is 5.58. The fourth-order valence-corrected chi connectivity index (χ4v) is 1.25. The third-order valence-corrected chi connectivity index (χ3v) is 2.20. The maximum absolute atomic E-state index is 13.4. The summed E-state index contributed by atoms with van der Waals surface area (Å²) in [7, 11) is 1.72. The van der Waals surface area contributed by atoms with Gasteiger partial charge in [-0.25, -0.2) is 14.4 Å². The van der Waals surface area contributed by atoms with E-state index in [1.807, 2.05) is 0 Å². The molecule has 0 amide bonds. The summed E-state index contributed by atoms with van der Waals surface area (Å²) in [6.45, 7) is 1.76. The Kier molecular flexibility index (Phi) is 2.36. The predicted octanol–water partition coefficient (Wildman–Crippen LogP) is 1.37. The maximum atomic E-state index is 13.4. The van der Waals surface area contributed by atoms with Crippen LogP contribution >= 0.6 is 11.6 Å². The Bertz CT molecular complexity index is 510. The molecule has 0 unspecified atom stereocenters. The van der Waals surface area contributed by atoms with E-state index in [9.17, 15) is 4.39 Å². The number of rotatable bonds is 1. The first kappa shape index (κ1) is 9.97. The van der Waals surface area contributed by atoms with Gasteiger partial charge in [-0.05, 0) is 18.5 Å². The molecule has 0 spiro atoms. The van der Waals surface area contributed by atoms with Crippen molar-refractivity contribution in [3.63, 3.8) is 0 Å². The molecule has 0 aliphatic heterocycles. The Hall–Kier alpha value is -1.56. The molecule has 0 bridgehead atoms. The van der Waals surface area contributed by atoms with Gasteiger partial charge in [0.05, 0.1) is 6.20 Å². The van der Waals surface area contributed by atoms with E-state index < -0.39 is 5.82 Å². The lowest BCUT2D eigenvalue weighted by atomic mass is 10.3. The average Bonchev–Trinajstić information content (AvgIpc) is 2.52. The van der Waals surface area contributed by atoms with Gasteiger partial charge in [-0.1, -0.05) is 0 Å². The van der Waals surface area contributed by atoms with Gasteiger partial charge < -0.3 is 4.57 Å². The van der Waals surface area contributed by atoms with Crippen LogP contribution in [0.3, 0.4) is 0 Å². The highest BCUT2D eigenvalue weighted by atomic mass is 35.5. The molecule has 5 nitrogen and oxygen atoms in total. The van der Waals surface area contributed by atoms with Crippen LogP contribution in [0, 0.1) is 12.7 Å². The highest BCUT2D eigenvalue weighted by Gasteiger charge is 2.15. The van der Waals surface area contributed by atoms with Crippen molar-refractivity contribution in [2.45, 2.75) is 6.92 Å². The molecule has 7 heteroatoms. The quantitative estimate of drug-likeness (QED) is 0.691. The second-order valence-corrected chi connectivity index (χ2v) is 3.30. The van der Waals surface area contributed by atoms with Crippen LogP contribution in [0.2, 0.25) is 5.28 Å². The Balaban J connectivity index is 2.63. The van der Waals surface area contributed by atoms with Crippen molar-refractivity contribution in [1.82, 2.24) is 24.7 Å². The minimum Gasteiger partial charge on any atom is -0.313 e. The SMILES string of the molecule is Cc1nnc(-c2nc(Cl)ncc2F)n1C. The Labute approximate surface area is 90.0 Å². The molecule has 0 saturated heterocycles. The van der Waals surface area contributed by atoms with Crippen molar-refractivity contribution in [3.8, 4) is 11.5 Å². The van der Waals surface area contributed by atoms with Crippen LogP contribution in [-0.2, 0) is 7.05 Å². The van der Waals surface area contributed by atoms with Crippen LogP contribution in [0.25, 0.3) is 11.5 Å². The van der Waals surface area contributed by atoms with E-state index in [0.717, 1.165) is 6.20 Å². The molecule has 0 atom stereocenters. The molecule has 0 aliphatic carbocycles. The first-order valence-electron chi connectivity index (χ1n) is 4.14. The number of nitrogens with zero attached hydrogens (tertiary/aromatic N) is 5. The molecular weight excluding hydrogens is 221 g/mol. The highest BCUT2D eigenvalue weighted by Crippen LogP contribution is 2.18. The highest BCUT2D eigenvalue weighted by molar-refractivity contribution is 6.28. The lowest BCUT2D eigenvalue weighted by molar-refractivity contribution is 0.614. The van der Waals surface area contributed by atoms with Crippen molar-refractivity contribution in [1.29, 1.82) is 0 Å². The van der Waals surface area contributed by atoms with E-state index in [0.29, 0.717) is 11.6 Å². The van der Waals surface area contributed by atoms with Crippen molar-refractivity contribution < 1.29 is 4.39 Å². The monoisotopic (exact) mass is 227 g/mol. The number of halogens is 2. The maximum Gasteiger partial charge on any atom is 0.223 e. The first-order chi connectivity index (χ1) is 7.09. The summed E-state index contributed by atoms with van der Waals surface area (Å²) in [5, 5.41) is 7.60. The lowest BCUT2D eigenvalue weighted by Gasteiger charge is -2.01. The van der Waals surface area contributed by atoms with Gasteiger partial charge >= 0.3 is 0 Å². The number of aromatic nitrogens is 5. The zero-order chi connectivity index (χ0) is 11.0. The Morgan fingerprint density at radius 1 is 1.40 bits per heavy atom. The van der Waals surface area contributed by atoms with Crippen LogP contribution < -0.4 is 0 Å². The van der Waals surface area contributed by atoms with E-state index in [-0.39, 0.29) is 11.0 Å². The smallest absolute Gasteiger partial charge is 0.223 e. The van der Waals surface area contributed by atoms with Gasteiger partial charge in [-0.15, -0.1) is 10.2 Å². The topological polar surface area (TPSA) is 56.5 Å². The molecule has 0 saturated carbocycles. The third kappa shape index (κ3) is 1.68. The van der Waals surface area contributed by atoms with Crippen LogP contribution in [0.4, 0.5) is 4.39 Å². The molecule has 2 aromatic rings. The van der Waals surface area contributed by atoms with E-state index in [1.54, 1.807) is 18.5 Å². The molecule has 0 radical (unpaired) electrons. The first-order valence-corrected chi connectivity index (χ1v) is 4.52. The third-order valence-electron chi connectivity index (χ3n) is 2.02. The summed E-state index contributed by atoms with van der Waals surface area (Å²) in [6.07, 6.45) is 1.01. The summed E-state index contributed by atoms with van der Waals surface area (Å²) in [5.41, 5.74) is 0.0538. The molecule has 15 heavy (non-hydrogen) atoms. The van der Waals surface area contributed by atoms with Crippen molar-refractivity contribution >= 4 is 11.6 Å². The minimum absolute atomic E-state index is 0.0212. The molecule has 78 valence electrons. The Morgan fingerprint density at radius 2 is 2.13 bits per heavy atom.